The van der Waals surface area contributed by atoms with E-state index in [1.165, 1.54) is 16.7 Å². The molecule has 1 aromatic heterocycles. The van der Waals surface area contributed by atoms with E-state index in [4.69, 9.17) is 0 Å². The predicted octanol–water partition coefficient (Wildman–Crippen LogP) is 6.82. The fraction of sp³-hybridized carbons (Fsp3) is 0.182. The Balaban J connectivity index is 1.50. The van der Waals surface area contributed by atoms with Gasteiger partial charge in [-0.25, -0.2) is 0 Å². The second-order valence-corrected chi connectivity index (χ2v) is 10.7. The minimum Gasteiger partial charge on any atom is -0.345 e. The normalized spacial score (nSPS) is 11.7. The molecule has 5 nitrogen and oxygen atoms in total. The first-order chi connectivity index (χ1) is 19.0. The highest BCUT2D eigenvalue weighted by Gasteiger charge is 2.25. The van der Waals surface area contributed by atoms with Gasteiger partial charge in [0.2, 0.25) is 5.91 Å². The number of nitrogens with zero attached hydrogens (tertiary/aromatic N) is 3. The number of rotatable bonds is 10. The Labute approximate surface area is 234 Å². The average Bonchev–Trinajstić information content (AvgIpc) is 3.37. The molecule has 196 valence electrons. The molecule has 0 aliphatic rings. The molecule has 5 rings (SSSR count). The number of hydrogen-bond acceptors (Lipinski definition) is 4. The Morgan fingerprint density at radius 1 is 0.769 bits per heavy atom. The van der Waals surface area contributed by atoms with Crippen LogP contribution in [-0.4, -0.2) is 20.7 Å². The highest BCUT2D eigenvalue weighted by molar-refractivity contribution is 7.98. The first kappa shape index (κ1) is 26.4. The Morgan fingerprint density at radius 2 is 1.44 bits per heavy atom. The zero-order chi connectivity index (χ0) is 27.0. The quantitative estimate of drug-likeness (QED) is 0.201. The zero-order valence-electron chi connectivity index (χ0n) is 22.2. The van der Waals surface area contributed by atoms with Gasteiger partial charge in [0.1, 0.15) is 0 Å². The van der Waals surface area contributed by atoms with Crippen molar-refractivity contribution in [3.8, 4) is 5.69 Å². The molecular weight excluding hydrogens is 500 g/mol. The monoisotopic (exact) mass is 532 g/mol. The molecule has 6 heteroatoms. The lowest BCUT2D eigenvalue weighted by Crippen LogP contribution is -2.33. The van der Waals surface area contributed by atoms with E-state index in [2.05, 4.69) is 94.6 Å². The lowest BCUT2D eigenvalue weighted by molar-refractivity contribution is -0.121. The topological polar surface area (TPSA) is 59.8 Å². The van der Waals surface area contributed by atoms with E-state index < -0.39 is 0 Å². The Hall–Kier alpha value is -4.16. The Kier molecular flexibility index (Phi) is 8.54. The Morgan fingerprint density at radius 3 is 2.13 bits per heavy atom. The van der Waals surface area contributed by atoms with Gasteiger partial charge in [-0.3, -0.25) is 9.36 Å². The third-order valence-electron chi connectivity index (χ3n) is 6.54. The number of nitrogens with one attached hydrogen (secondary N) is 1. The van der Waals surface area contributed by atoms with Crippen molar-refractivity contribution in [2.24, 2.45) is 0 Å². The summed E-state index contributed by atoms with van der Waals surface area (Å²) in [5.41, 5.74) is 6.72. The molecule has 5 aromatic rings. The minimum atomic E-state index is -0.356. The van der Waals surface area contributed by atoms with Gasteiger partial charge in [-0.2, -0.15) is 0 Å². The number of hydrogen-bond donors (Lipinski definition) is 1. The van der Waals surface area contributed by atoms with E-state index >= 15 is 0 Å². The van der Waals surface area contributed by atoms with Gasteiger partial charge in [-0.05, 0) is 49.1 Å². The number of aromatic nitrogens is 3. The first-order valence-electron chi connectivity index (χ1n) is 13.1. The predicted molar refractivity (Wildman–Crippen MR) is 158 cm³/mol. The smallest absolute Gasteiger partial charge is 0.225 e. The van der Waals surface area contributed by atoms with Crippen molar-refractivity contribution in [3.63, 3.8) is 0 Å². The second-order valence-electron chi connectivity index (χ2n) is 9.76. The van der Waals surface area contributed by atoms with Crippen molar-refractivity contribution < 1.29 is 4.79 Å². The molecular formula is C33H32N4OS. The summed E-state index contributed by atoms with van der Waals surface area (Å²) in [5.74, 6) is 1.44. The Bertz CT molecular complexity index is 1510. The van der Waals surface area contributed by atoms with Crippen LogP contribution in [0.25, 0.3) is 5.69 Å². The van der Waals surface area contributed by atoms with Crippen molar-refractivity contribution in [3.05, 3.63) is 143 Å². The van der Waals surface area contributed by atoms with Crippen molar-refractivity contribution in [2.45, 2.75) is 43.6 Å². The maximum absolute atomic E-state index is 13.3. The molecule has 1 N–H and O–H groups in total. The molecule has 4 aromatic carbocycles. The molecule has 1 unspecified atom stereocenters. The van der Waals surface area contributed by atoms with Crippen molar-refractivity contribution in [2.75, 3.05) is 0 Å². The van der Waals surface area contributed by atoms with E-state index in [-0.39, 0.29) is 11.9 Å². The third kappa shape index (κ3) is 7.03. The minimum absolute atomic E-state index is 0.0467. The first-order valence-corrected chi connectivity index (χ1v) is 14.1. The highest BCUT2D eigenvalue weighted by Crippen LogP contribution is 2.29. The van der Waals surface area contributed by atoms with E-state index in [1.54, 1.807) is 11.8 Å². The maximum Gasteiger partial charge on any atom is 0.225 e. The number of carbonyl (C=O) groups is 1. The van der Waals surface area contributed by atoms with E-state index in [0.717, 1.165) is 33.5 Å². The van der Waals surface area contributed by atoms with Crippen LogP contribution in [0.5, 0.6) is 0 Å². The summed E-state index contributed by atoms with van der Waals surface area (Å²) < 4.78 is 2.09. The zero-order valence-corrected chi connectivity index (χ0v) is 23.1. The largest absolute Gasteiger partial charge is 0.345 e. The number of benzene rings is 4. The van der Waals surface area contributed by atoms with Gasteiger partial charge >= 0.3 is 0 Å². The molecule has 0 saturated heterocycles. The van der Waals surface area contributed by atoms with Crippen LogP contribution in [-0.2, 0) is 23.4 Å². The lowest BCUT2D eigenvalue weighted by Gasteiger charge is -2.20. The molecule has 1 amide bonds. The van der Waals surface area contributed by atoms with Gasteiger partial charge in [-0.15, -0.1) is 10.2 Å². The molecule has 0 fully saturated rings. The molecule has 0 spiro atoms. The van der Waals surface area contributed by atoms with Gasteiger partial charge in [-0.1, -0.05) is 120 Å². The summed E-state index contributed by atoms with van der Waals surface area (Å²) in [4.78, 5) is 13.3. The average molecular weight is 533 g/mol. The fourth-order valence-corrected chi connectivity index (χ4v) is 5.47. The molecule has 0 aliphatic heterocycles. The van der Waals surface area contributed by atoms with Crippen LogP contribution in [0.3, 0.4) is 0 Å². The maximum atomic E-state index is 13.3. The number of amides is 1. The highest BCUT2D eigenvalue weighted by atomic mass is 32.2. The SMILES string of the molecule is Cc1ccc(-n2c(SCc3cccc(C)c3)nnc2C(Cc2ccccc2)NC(=O)Cc2ccccc2)cc1. The van der Waals surface area contributed by atoms with E-state index in [9.17, 15) is 4.79 Å². The summed E-state index contributed by atoms with van der Waals surface area (Å²) in [5, 5.41) is 13.4. The summed E-state index contributed by atoms with van der Waals surface area (Å²) in [6.07, 6.45) is 0.910. The standard InChI is InChI=1S/C33H32N4OS/c1-24-16-18-29(19-17-24)37-32(35-36-33(37)39-23-28-15-9-10-25(2)20-28)30(21-26-11-5-3-6-12-26)34-31(38)22-27-13-7-4-8-14-27/h3-20,30H,21-23H2,1-2H3,(H,34,38). The van der Waals surface area contributed by atoms with Crippen LogP contribution in [0.1, 0.15) is 39.7 Å². The summed E-state index contributed by atoms with van der Waals surface area (Å²) in [6, 6.07) is 36.5. The molecule has 0 aliphatic carbocycles. The van der Waals surface area contributed by atoms with E-state index in [0.29, 0.717) is 12.8 Å². The van der Waals surface area contributed by atoms with Gasteiger partial charge in [0, 0.05) is 11.4 Å². The molecule has 0 radical (unpaired) electrons. The van der Waals surface area contributed by atoms with E-state index in [1.807, 2.05) is 48.5 Å². The van der Waals surface area contributed by atoms with Crippen LogP contribution in [0.15, 0.2) is 114 Å². The second kappa shape index (κ2) is 12.6. The number of thioether (sulfide) groups is 1. The fourth-order valence-electron chi connectivity index (χ4n) is 4.57. The third-order valence-corrected chi connectivity index (χ3v) is 7.54. The van der Waals surface area contributed by atoms with Crippen molar-refractivity contribution in [1.29, 1.82) is 0 Å². The van der Waals surface area contributed by atoms with Crippen LogP contribution in [0, 0.1) is 13.8 Å². The van der Waals surface area contributed by atoms with Crippen LogP contribution in [0.2, 0.25) is 0 Å². The van der Waals surface area contributed by atoms with Crippen LogP contribution in [0.4, 0.5) is 0 Å². The van der Waals surface area contributed by atoms with Crippen LogP contribution >= 0.6 is 11.8 Å². The van der Waals surface area contributed by atoms with Gasteiger partial charge in [0.05, 0.1) is 12.5 Å². The molecule has 1 heterocycles. The number of aryl methyl sites for hydroxylation is 2. The summed E-state index contributed by atoms with van der Waals surface area (Å²) >= 11 is 1.65. The van der Waals surface area contributed by atoms with Crippen molar-refractivity contribution >= 4 is 17.7 Å². The molecule has 0 saturated carbocycles. The summed E-state index contributed by atoms with van der Waals surface area (Å²) in [6.45, 7) is 4.18. The van der Waals surface area contributed by atoms with Gasteiger partial charge in [0.25, 0.3) is 0 Å². The van der Waals surface area contributed by atoms with Crippen LogP contribution < -0.4 is 5.32 Å². The number of carbonyl (C=O) groups excluding carboxylic acids is 1. The molecule has 1 atom stereocenters. The van der Waals surface area contributed by atoms with Crippen molar-refractivity contribution in [1.82, 2.24) is 20.1 Å². The van der Waals surface area contributed by atoms with Gasteiger partial charge in [0.15, 0.2) is 11.0 Å². The van der Waals surface area contributed by atoms with Gasteiger partial charge < -0.3 is 5.32 Å². The summed E-state index contributed by atoms with van der Waals surface area (Å²) in [7, 11) is 0. The lowest BCUT2D eigenvalue weighted by atomic mass is 10.0. The molecule has 0 bridgehead atoms. The molecule has 39 heavy (non-hydrogen) atoms.